The number of halogens is 1. The molecule has 3 nitrogen and oxygen atoms in total. The van der Waals surface area contributed by atoms with E-state index in [1.54, 1.807) is 18.3 Å². The highest BCUT2D eigenvalue weighted by Crippen LogP contribution is 2.25. The van der Waals surface area contributed by atoms with Gasteiger partial charge in [0, 0.05) is 18.0 Å². The molecule has 0 aliphatic carbocycles. The maximum atomic E-state index is 10.7. The van der Waals surface area contributed by atoms with E-state index in [0.29, 0.717) is 11.6 Å². The number of aliphatic hydroxyl groups excluding tert-OH is 1. The third-order valence-electron chi connectivity index (χ3n) is 3.93. The van der Waals surface area contributed by atoms with Crippen molar-refractivity contribution in [2.45, 2.75) is 26.0 Å². The first-order valence-corrected chi connectivity index (χ1v) is 8.08. The number of aryl methyl sites for hydroxylation is 1. The Hall–Kier alpha value is -2.10. The van der Waals surface area contributed by atoms with E-state index in [-0.39, 0.29) is 0 Å². The van der Waals surface area contributed by atoms with Crippen molar-refractivity contribution < 1.29 is 5.11 Å². The number of aromatic nitrogens is 2. The Bertz CT molecular complexity index is 766. The fourth-order valence-electron chi connectivity index (χ4n) is 2.69. The molecule has 0 bridgehead atoms. The van der Waals surface area contributed by atoms with Gasteiger partial charge in [0.1, 0.15) is 11.9 Å². The third-order valence-corrected chi connectivity index (χ3v) is 4.19. The topological polar surface area (TPSA) is 38.1 Å². The SMILES string of the molecule is CCc1ncc(C(O)c2ccc(Cl)cc2)n1Cc1ccccc1. The van der Waals surface area contributed by atoms with Crippen LogP contribution in [0.4, 0.5) is 0 Å². The molecule has 1 unspecified atom stereocenters. The maximum absolute atomic E-state index is 10.7. The van der Waals surface area contributed by atoms with Crippen molar-refractivity contribution in [2.24, 2.45) is 0 Å². The highest BCUT2D eigenvalue weighted by Gasteiger charge is 2.18. The second-order valence-electron chi connectivity index (χ2n) is 5.48. The third kappa shape index (κ3) is 3.46. The maximum Gasteiger partial charge on any atom is 0.121 e. The van der Waals surface area contributed by atoms with Crippen LogP contribution >= 0.6 is 11.6 Å². The predicted octanol–water partition coefficient (Wildman–Crippen LogP) is 4.23. The lowest BCUT2D eigenvalue weighted by Crippen LogP contribution is -2.12. The lowest BCUT2D eigenvalue weighted by Gasteiger charge is -2.16. The van der Waals surface area contributed by atoms with Crippen molar-refractivity contribution >= 4 is 11.6 Å². The van der Waals surface area contributed by atoms with E-state index in [4.69, 9.17) is 11.6 Å². The van der Waals surface area contributed by atoms with E-state index >= 15 is 0 Å². The zero-order chi connectivity index (χ0) is 16.2. The van der Waals surface area contributed by atoms with Gasteiger partial charge in [-0.15, -0.1) is 0 Å². The number of nitrogens with zero attached hydrogens (tertiary/aromatic N) is 2. The van der Waals surface area contributed by atoms with E-state index < -0.39 is 6.10 Å². The van der Waals surface area contributed by atoms with Crippen LogP contribution in [0.1, 0.15) is 35.7 Å². The highest BCUT2D eigenvalue weighted by atomic mass is 35.5. The number of imidazole rings is 1. The average Bonchev–Trinajstić information content (AvgIpc) is 2.98. The van der Waals surface area contributed by atoms with Crippen LogP contribution in [0.5, 0.6) is 0 Å². The molecular weight excluding hydrogens is 308 g/mol. The van der Waals surface area contributed by atoms with Gasteiger partial charge >= 0.3 is 0 Å². The van der Waals surface area contributed by atoms with Crippen LogP contribution in [0.3, 0.4) is 0 Å². The van der Waals surface area contributed by atoms with Gasteiger partial charge in [-0.2, -0.15) is 0 Å². The van der Waals surface area contributed by atoms with E-state index in [9.17, 15) is 5.11 Å². The molecule has 2 aromatic carbocycles. The number of aliphatic hydroxyl groups is 1. The lowest BCUT2D eigenvalue weighted by atomic mass is 10.1. The first-order valence-electron chi connectivity index (χ1n) is 7.70. The van der Waals surface area contributed by atoms with Crippen LogP contribution in [-0.2, 0) is 13.0 Å². The van der Waals surface area contributed by atoms with Crippen LogP contribution in [0.25, 0.3) is 0 Å². The predicted molar refractivity (Wildman–Crippen MR) is 92.7 cm³/mol. The Morgan fingerprint density at radius 1 is 1.09 bits per heavy atom. The summed E-state index contributed by atoms with van der Waals surface area (Å²) in [6, 6.07) is 17.5. The molecule has 23 heavy (non-hydrogen) atoms. The van der Waals surface area contributed by atoms with Gasteiger partial charge in [0.15, 0.2) is 0 Å². The minimum atomic E-state index is -0.719. The Balaban J connectivity index is 1.96. The highest BCUT2D eigenvalue weighted by molar-refractivity contribution is 6.30. The summed E-state index contributed by atoms with van der Waals surface area (Å²) >= 11 is 5.93. The molecule has 4 heteroatoms. The van der Waals surface area contributed by atoms with Gasteiger partial charge in [0.05, 0.1) is 11.9 Å². The molecule has 1 atom stereocenters. The van der Waals surface area contributed by atoms with Crippen LogP contribution in [0.15, 0.2) is 60.8 Å². The minimum Gasteiger partial charge on any atom is -0.382 e. The molecule has 3 aromatic rings. The zero-order valence-corrected chi connectivity index (χ0v) is 13.7. The molecule has 3 rings (SSSR count). The average molecular weight is 327 g/mol. The van der Waals surface area contributed by atoms with Crippen molar-refractivity contribution in [1.82, 2.24) is 9.55 Å². The molecule has 0 saturated heterocycles. The standard InChI is InChI=1S/C19H19ClN2O/c1-2-18-21-12-17(19(23)15-8-10-16(20)11-9-15)22(18)13-14-6-4-3-5-7-14/h3-12,19,23H,2,13H2,1H3. The van der Waals surface area contributed by atoms with Crippen LogP contribution < -0.4 is 0 Å². The molecule has 0 aliphatic rings. The van der Waals surface area contributed by atoms with Crippen molar-refractivity contribution in [3.8, 4) is 0 Å². The van der Waals surface area contributed by atoms with Gasteiger partial charge in [-0.25, -0.2) is 4.98 Å². The Morgan fingerprint density at radius 2 is 1.78 bits per heavy atom. The summed E-state index contributed by atoms with van der Waals surface area (Å²) in [7, 11) is 0. The molecule has 0 amide bonds. The number of hydrogen-bond acceptors (Lipinski definition) is 2. The molecule has 1 N–H and O–H groups in total. The molecule has 1 heterocycles. The largest absolute Gasteiger partial charge is 0.382 e. The first-order chi connectivity index (χ1) is 11.2. The van der Waals surface area contributed by atoms with Gasteiger partial charge in [-0.1, -0.05) is 61.0 Å². The molecule has 1 aromatic heterocycles. The van der Waals surface area contributed by atoms with Gasteiger partial charge in [-0.3, -0.25) is 0 Å². The van der Waals surface area contributed by atoms with Crippen molar-refractivity contribution in [2.75, 3.05) is 0 Å². The first kappa shape index (κ1) is 15.8. The van der Waals surface area contributed by atoms with E-state index in [1.807, 2.05) is 30.3 Å². The molecule has 118 valence electrons. The summed E-state index contributed by atoms with van der Waals surface area (Å²) in [5.74, 6) is 0.969. The monoisotopic (exact) mass is 326 g/mol. The van der Waals surface area contributed by atoms with Crippen LogP contribution in [0.2, 0.25) is 5.02 Å². The molecule has 0 aliphatic heterocycles. The summed E-state index contributed by atoms with van der Waals surface area (Å²) in [6.45, 7) is 2.77. The van der Waals surface area contributed by atoms with E-state index in [2.05, 4.69) is 28.6 Å². The smallest absolute Gasteiger partial charge is 0.121 e. The molecule has 0 saturated carbocycles. The van der Waals surface area contributed by atoms with Gasteiger partial charge < -0.3 is 9.67 Å². The van der Waals surface area contributed by atoms with Gasteiger partial charge in [0.2, 0.25) is 0 Å². The Kier molecular flexibility index (Phi) is 4.79. The van der Waals surface area contributed by atoms with E-state index in [1.165, 1.54) is 5.56 Å². The second-order valence-corrected chi connectivity index (χ2v) is 5.92. The second kappa shape index (κ2) is 6.99. The Labute approximate surface area is 141 Å². The van der Waals surface area contributed by atoms with E-state index in [0.717, 1.165) is 23.5 Å². The normalized spacial score (nSPS) is 12.3. The summed E-state index contributed by atoms with van der Waals surface area (Å²) < 4.78 is 2.09. The summed E-state index contributed by atoms with van der Waals surface area (Å²) in [5, 5.41) is 11.4. The minimum absolute atomic E-state index is 0.660. The summed E-state index contributed by atoms with van der Waals surface area (Å²) in [5.41, 5.74) is 2.80. The molecule has 0 spiro atoms. The summed E-state index contributed by atoms with van der Waals surface area (Å²) in [4.78, 5) is 4.47. The Morgan fingerprint density at radius 3 is 2.43 bits per heavy atom. The quantitative estimate of drug-likeness (QED) is 0.762. The van der Waals surface area contributed by atoms with Crippen molar-refractivity contribution in [3.63, 3.8) is 0 Å². The lowest BCUT2D eigenvalue weighted by molar-refractivity contribution is 0.210. The number of hydrogen-bond donors (Lipinski definition) is 1. The number of rotatable bonds is 5. The van der Waals surface area contributed by atoms with Crippen molar-refractivity contribution in [1.29, 1.82) is 0 Å². The molecular formula is C19H19ClN2O. The molecule has 0 fully saturated rings. The fourth-order valence-corrected chi connectivity index (χ4v) is 2.82. The van der Waals surface area contributed by atoms with Crippen LogP contribution in [0, 0.1) is 0 Å². The summed E-state index contributed by atoms with van der Waals surface area (Å²) in [6.07, 6.45) is 1.87. The van der Waals surface area contributed by atoms with Crippen LogP contribution in [-0.4, -0.2) is 14.7 Å². The van der Waals surface area contributed by atoms with Crippen molar-refractivity contribution in [3.05, 3.63) is 88.5 Å². The fraction of sp³-hybridized carbons (Fsp3) is 0.211. The number of benzene rings is 2. The molecule has 0 radical (unpaired) electrons. The zero-order valence-electron chi connectivity index (χ0n) is 13.0. The van der Waals surface area contributed by atoms with Gasteiger partial charge in [0.25, 0.3) is 0 Å². The van der Waals surface area contributed by atoms with Gasteiger partial charge in [-0.05, 0) is 23.3 Å².